The fourth-order valence-electron chi connectivity index (χ4n) is 3.12. The molecule has 0 unspecified atom stereocenters. The summed E-state index contributed by atoms with van der Waals surface area (Å²) in [7, 11) is 0. The Morgan fingerprint density at radius 2 is 1.93 bits per heavy atom. The third kappa shape index (κ3) is 4.15. The fourth-order valence-corrected chi connectivity index (χ4v) is 4.68. The minimum Gasteiger partial charge on any atom is -0.325 e. The van der Waals surface area contributed by atoms with Gasteiger partial charge in [-0.15, -0.1) is 11.3 Å². The van der Waals surface area contributed by atoms with E-state index in [1.165, 1.54) is 47.4 Å². The van der Waals surface area contributed by atoms with E-state index >= 15 is 0 Å². The van der Waals surface area contributed by atoms with Gasteiger partial charge < -0.3 is 5.32 Å². The van der Waals surface area contributed by atoms with Gasteiger partial charge in [-0.25, -0.2) is 9.37 Å². The lowest BCUT2D eigenvalue weighted by atomic mass is 10.1. The molecule has 0 atom stereocenters. The van der Waals surface area contributed by atoms with Gasteiger partial charge in [0.1, 0.15) is 10.5 Å². The normalized spacial score (nSPS) is 11.0. The first-order valence-electron chi connectivity index (χ1n) is 9.18. The standard InChI is InChI=1S/C22H18FN3O2S2/c1-13-3-8-18(14(2)11-13)26-21(28)20-17(9-10-29-20)25-22(26)30-12-19(27)24-16-6-4-15(23)5-7-16/h3-11H,12H2,1-2H3,(H,24,27). The fraction of sp³-hybridized carbons (Fsp3) is 0.136. The average Bonchev–Trinajstić information content (AvgIpc) is 3.18. The molecule has 152 valence electrons. The predicted octanol–water partition coefficient (Wildman–Crippen LogP) is 4.93. The molecule has 2 heterocycles. The van der Waals surface area contributed by atoms with Crippen molar-refractivity contribution in [2.24, 2.45) is 0 Å². The Morgan fingerprint density at radius 1 is 1.17 bits per heavy atom. The maximum Gasteiger partial charge on any atom is 0.276 e. The van der Waals surface area contributed by atoms with Crippen LogP contribution in [-0.4, -0.2) is 21.2 Å². The molecule has 1 N–H and O–H groups in total. The number of hydrogen-bond acceptors (Lipinski definition) is 5. The van der Waals surface area contributed by atoms with Gasteiger partial charge in [0.15, 0.2) is 5.16 Å². The third-order valence-electron chi connectivity index (χ3n) is 4.50. The van der Waals surface area contributed by atoms with Gasteiger partial charge in [-0.2, -0.15) is 0 Å². The predicted molar refractivity (Wildman–Crippen MR) is 120 cm³/mol. The molecular formula is C22H18FN3O2S2. The average molecular weight is 440 g/mol. The summed E-state index contributed by atoms with van der Waals surface area (Å²) in [5, 5.41) is 5.01. The van der Waals surface area contributed by atoms with Crippen molar-refractivity contribution < 1.29 is 9.18 Å². The Kier molecular flexibility index (Phi) is 5.69. The van der Waals surface area contributed by atoms with E-state index in [0.29, 0.717) is 21.1 Å². The number of anilines is 1. The molecule has 30 heavy (non-hydrogen) atoms. The monoisotopic (exact) mass is 439 g/mol. The highest BCUT2D eigenvalue weighted by Crippen LogP contribution is 2.25. The first kappa shape index (κ1) is 20.3. The molecule has 2 aromatic carbocycles. The number of rotatable bonds is 5. The number of amides is 1. The first-order chi connectivity index (χ1) is 14.4. The molecule has 0 aliphatic carbocycles. The smallest absolute Gasteiger partial charge is 0.276 e. The van der Waals surface area contributed by atoms with Crippen molar-refractivity contribution in [3.63, 3.8) is 0 Å². The van der Waals surface area contributed by atoms with Crippen LogP contribution in [0.3, 0.4) is 0 Å². The van der Waals surface area contributed by atoms with Crippen molar-refractivity contribution >= 4 is 44.9 Å². The molecular weight excluding hydrogens is 421 g/mol. The highest BCUT2D eigenvalue weighted by molar-refractivity contribution is 7.99. The Bertz CT molecular complexity index is 1300. The number of nitrogens with one attached hydrogen (secondary N) is 1. The van der Waals surface area contributed by atoms with Crippen molar-refractivity contribution in [2.45, 2.75) is 19.0 Å². The Labute approximate surface area is 180 Å². The number of carbonyl (C=O) groups excluding carboxylic acids is 1. The lowest BCUT2D eigenvalue weighted by molar-refractivity contribution is -0.113. The molecule has 8 heteroatoms. The van der Waals surface area contributed by atoms with Crippen LogP contribution in [0.5, 0.6) is 0 Å². The van der Waals surface area contributed by atoms with E-state index in [1.807, 2.05) is 37.4 Å². The molecule has 2 aromatic heterocycles. The van der Waals surface area contributed by atoms with Crippen LogP contribution in [0.25, 0.3) is 15.9 Å². The first-order valence-corrected chi connectivity index (χ1v) is 11.0. The van der Waals surface area contributed by atoms with E-state index in [1.54, 1.807) is 10.6 Å². The number of aromatic nitrogens is 2. The second-order valence-electron chi connectivity index (χ2n) is 6.80. The van der Waals surface area contributed by atoms with Gasteiger partial charge in [-0.3, -0.25) is 14.2 Å². The largest absolute Gasteiger partial charge is 0.325 e. The molecule has 0 radical (unpaired) electrons. The van der Waals surface area contributed by atoms with Crippen LogP contribution in [0.4, 0.5) is 10.1 Å². The van der Waals surface area contributed by atoms with Gasteiger partial charge in [0, 0.05) is 5.69 Å². The molecule has 1 amide bonds. The number of aryl methyl sites for hydroxylation is 2. The van der Waals surface area contributed by atoms with Gasteiger partial charge in [0.2, 0.25) is 5.91 Å². The third-order valence-corrected chi connectivity index (χ3v) is 6.33. The molecule has 0 spiro atoms. The quantitative estimate of drug-likeness (QED) is 0.354. The molecule has 4 aromatic rings. The molecule has 5 nitrogen and oxygen atoms in total. The SMILES string of the molecule is Cc1ccc(-n2c(SCC(=O)Nc3ccc(F)cc3)nc3ccsc3c2=O)c(C)c1. The zero-order valence-corrected chi connectivity index (χ0v) is 17.9. The van der Waals surface area contributed by atoms with Gasteiger partial charge >= 0.3 is 0 Å². The number of carbonyl (C=O) groups is 1. The van der Waals surface area contributed by atoms with Gasteiger partial charge in [-0.05, 0) is 61.2 Å². The van der Waals surface area contributed by atoms with Gasteiger partial charge in [0.05, 0.1) is 17.0 Å². The molecule has 0 fully saturated rings. The van der Waals surface area contributed by atoms with Crippen molar-refractivity contribution in [3.05, 3.63) is 81.2 Å². The van der Waals surface area contributed by atoms with Crippen LogP contribution in [-0.2, 0) is 4.79 Å². The van der Waals surface area contributed by atoms with Crippen molar-refractivity contribution in [1.82, 2.24) is 9.55 Å². The number of hydrogen-bond donors (Lipinski definition) is 1. The van der Waals surface area contributed by atoms with Gasteiger partial charge in [0.25, 0.3) is 5.56 Å². The van der Waals surface area contributed by atoms with E-state index in [9.17, 15) is 14.0 Å². The second-order valence-corrected chi connectivity index (χ2v) is 8.66. The summed E-state index contributed by atoms with van der Waals surface area (Å²) in [6, 6.07) is 13.2. The van der Waals surface area contributed by atoms with Crippen LogP contribution >= 0.6 is 23.1 Å². The molecule has 0 aliphatic heterocycles. The van der Waals surface area contributed by atoms with E-state index in [2.05, 4.69) is 10.3 Å². The zero-order valence-electron chi connectivity index (χ0n) is 16.3. The summed E-state index contributed by atoms with van der Waals surface area (Å²) < 4.78 is 15.2. The number of thioether (sulfide) groups is 1. The summed E-state index contributed by atoms with van der Waals surface area (Å²) >= 11 is 2.54. The van der Waals surface area contributed by atoms with Crippen molar-refractivity contribution in [2.75, 3.05) is 11.1 Å². The van der Waals surface area contributed by atoms with Gasteiger partial charge in [-0.1, -0.05) is 29.5 Å². The summed E-state index contributed by atoms with van der Waals surface area (Å²) in [5.74, 6) is -0.573. The Morgan fingerprint density at radius 3 is 2.67 bits per heavy atom. The molecule has 0 saturated carbocycles. The molecule has 0 aliphatic rings. The van der Waals surface area contributed by atoms with E-state index in [0.717, 1.165) is 16.8 Å². The highest BCUT2D eigenvalue weighted by atomic mass is 32.2. The summed E-state index contributed by atoms with van der Waals surface area (Å²) in [4.78, 5) is 30.2. The van der Waals surface area contributed by atoms with Crippen LogP contribution in [0.2, 0.25) is 0 Å². The highest BCUT2D eigenvalue weighted by Gasteiger charge is 2.17. The van der Waals surface area contributed by atoms with Crippen molar-refractivity contribution in [3.8, 4) is 5.69 Å². The second kappa shape index (κ2) is 8.41. The van der Waals surface area contributed by atoms with E-state index in [4.69, 9.17) is 0 Å². The van der Waals surface area contributed by atoms with Crippen LogP contribution < -0.4 is 10.9 Å². The van der Waals surface area contributed by atoms with E-state index in [-0.39, 0.29) is 23.0 Å². The number of nitrogens with zero attached hydrogens (tertiary/aromatic N) is 2. The summed E-state index contributed by atoms with van der Waals surface area (Å²) in [5.41, 5.74) is 3.77. The van der Waals surface area contributed by atoms with Crippen LogP contribution in [0, 0.1) is 19.7 Å². The van der Waals surface area contributed by atoms with Crippen LogP contribution in [0.1, 0.15) is 11.1 Å². The lowest BCUT2D eigenvalue weighted by Crippen LogP contribution is -2.23. The van der Waals surface area contributed by atoms with Crippen LogP contribution in [0.15, 0.2) is 63.9 Å². The molecule has 0 saturated heterocycles. The Hall–Kier alpha value is -2.97. The summed E-state index contributed by atoms with van der Waals surface area (Å²) in [6.07, 6.45) is 0. The maximum atomic E-state index is 13.2. The van der Waals surface area contributed by atoms with Crippen molar-refractivity contribution in [1.29, 1.82) is 0 Å². The lowest BCUT2D eigenvalue weighted by Gasteiger charge is -2.14. The zero-order chi connectivity index (χ0) is 21.3. The number of halogens is 1. The topological polar surface area (TPSA) is 64.0 Å². The molecule has 0 bridgehead atoms. The number of fused-ring (bicyclic) bond motifs is 1. The molecule has 4 rings (SSSR count). The maximum absolute atomic E-state index is 13.2. The summed E-state index contributed by atoms with van der Waals surface area (Å²) in [6.45, 7) is 3.94. The Balaban J connectivity index is 1.66. The number of thiophene rings is 1. The minimum atomic E-state index is -0.367. The van der Waals surface area contributed by atoms with E-state index < -0.39 is 0 Å². The minimum absolute atomic E-state index is 0.0599. The number of benzene rings is 2.